The highest BCUT2D eigenvalue weighted by molar-refractivity contribution is 7.18. The van der Waals surface area contributed by atoms with Crippen molar-refractivity contribution >= 4 is 33.3 Å². The Morgan fingerprint density at radius 2 is 1.91 bits per heavy atom. The summed E-state index contributed by atoms with van der Waals surface area (Å²) in [7, 11) is 1.78. The number of thiazole rings is 1. The number of carbonyl (C=O) groups is 1. The molecule has 0 fully saturated rings. The lowest BCUT2D eigenvalue weighted by Gasteiger charge is -2.16. The molecule has 0 saturated heterocycles. The third kappa shape index (κ3) is 3.68. The van der Waals surface area contributed by atoms with Crippen molar-refractivity contribution in [3.05, 3.63) is 59.1 Å². The Balaban J connectivity index is 1.64. The first-order chi connectivity index (χ1) is 11.2. The fraction of sp³-hybridized carbons (Fsp3) is 0.222. The van der Waals surface area contributed by atoms with Crippen LogP contribution in [0.5, 0.6) is 0 Å². The van der Waals surface area contributed by atoms with Crippen molar-refractivity contribution in [1.82, 2.24) is 9.88 Å². The maximum Gasteiger partial charge on any atom is 0.321 e. The second-order valence-corrected chi connectivity index (χ2v) is 6.53. The third-order valence-electron chi connectivity index (χ3n) is 3.67. The molecule has 0 spiro atoms. The largest absolute Gasteiger partial charge is 0.321 e. The first kappa shape index (κ1) is 15.5. The number of nitrogens with one attached hydrogen (secondary N) is 1. The lowest BCUT2D eigenvalue weighted by Crippen LogP contribution is -2.30. The topological polar surface area (TPSA) is 45.2 Å². The standard InChI is InChI=1S/C18H19N3OS/c1-3-13-8-10-14(11-9-13)19-18(22)21(2)12-17-20-15-6-4-5-7-16(15)23-17/h4-11H,3,12H2,1-2H3,(H,19,22). The monoisotopic (exact) mass is 325 g/mol. The normalized spacial score (nSPS) is 10.7. The van der Waals surface area contributed by atoms with E-state index in [9.17, 15) is 4.79 Å². The Hall–Kier alpha value is -2.40. The summed E-state index contributed by atoms with van der Waals surface area (Å²) >= 11 is 1.62. The first-order valence-electron chi connectivity index (χ1n) is 7.61. The molecule has 23 heavy (non-hydrogen) atoms. The molecule has 3 aromatic rings. The molecular formula is C18H19N3OS. The molecule has 0 bridgehead atoms. The van der Waals surface area contributed by atoms with Crippen LogP contribution in [0.25, 0.3) is 10.2 Å². The van der Waals surface area contributed by atoms with E-state index in [4.69, 9.17) is 0 Å². The van der Waals surface area contributed by atoms with Gasteiger partial charge in [-0.2, -0.15) is 0 Å². The van der Waals surface area contributed by atoms with Gasteiger partial charge in [0.25, 0.3) is 0 Å². The summed E-state index contributed by atoms with van der Waals surface area (Å²) in [6.07, 6.45) is 0.992. The number of benzene rings is 2. The van der Waals surface area contributed by atoms with E-state index < -0.39 is 0 Å². The van der Waals surface area contributed by atoms with E-state index in [-0.39, 0.29) is 6.03 Å². The van der Waals surface area contributed by atoms with Crippen LogP contribution in [-0.4, -0.2) is 23.0 Å². The average molecular weight is 325 g/mol. The Kier molecular flexibility index (Phi) is 4.57. The zero-order valence-electron chi connectivity index (χ0n) is 13.2. The summed E-state index contributed by atoms with van der Waals surface area (Å²) < 4.78 is 1.14. The van der Waals surface area contributed by atoms with Crippen LogP contribution in [0.4, 0.5) is 10.5 Å². The van der Waals surface area contributed by atoms with Gasteiger partial charge in [-0.25, -0.2) is 9.78 Å². The molecule has 0 atom stereocenters. The second kappa shape index (κ2) is 6.79. The number of anilines is 1. The fourth-order valence-electron chi connectivity index (χ4n) is 2.30. The Morgan fingerprint density at radius 1 is 1.17 bits per heavy atom. The number of amides is 2. The molecule has 1 heterocycles. The van der Waals surface area contributed by atoms with Gasteiger partial charge in [0.1, 0.15) is 5.01 Å². The Bertz CT molecular complexity index is 778. The highest BCUT2D eigenvalue weighted by Gasteiger charge is 2.12. The minimum Gasteiger partial charge on any atom is -0.321 e. The van der Waals surface area contributed by atoms with E-state index in [1.54, 1.807) is 23.3 Å². The van der Waals surface area contributed by atoms with E-state index >= 15 is 0 Å². The number of hydrogen-bond acceptors (Lipinski definition) is 3. The van der Waals surface area contributed by atoms with Crippen molar-refractivity contribution < 1.29 is 4.79 Å². The van der Waals surface area contributed by atoms with E-state index in [2.05, 4.69) is 17.2 Å². The van der Waals surface area contributed by atoms with Crippen LogP contribution in [0, 0.1) is 0 Å². The molecule has 2 aromatic carbocycles. The van der Waals surface area contributed by atoms with Crippen molar-refractivity contribution in [3.63, 3.8) is 0 Å². The number of hydrogen-bond donors (Lipinski definition) is 1. The highest BCUT2D eigenvalue weighted by atomic mass is 32.1. The quantitative estimate of drug-likeness (QED) is 0.766. The van der Waals surface area contributed by atoms with Gasteiger partial charge < -0.3 is 10.2 Å². The molecule has 1 aromatic heterocycles. The molecule has 2 amide bonds. The van der Waals surface area contributed by atoms with Gasteiger partial charge in [0, 0.05) is 12.7 Å². The van der Waals surface area contributed by atoms with Crippen molar-refractivity contribution in [2.75, 3.05) is 12.4 Å². The molecule has 0 aliphatic rings. The molecule has 1 N–H and O–H groups in total. The third-order valence-corrected chi connectivity index (χ3v) is 4.69. The van der Waals surface area contributed by atoms with E-state index in [1.165, 1.54) is 5.56 Å². The number of aromatic nitrogens is 1. The molecule has 118 valence electrons. The van der Waals surface area contributed by atoms with Gasteiger partial charge in [-0.05, 0) is 36.2 Å². The minimum atomic E-state index is -0.131. The summed E-state index contributed by atoms with van der Waals surface area (Å²) in [5.74, 6) is 0. The van der Waals surface area contributed by atoms with Crippen LogP contribution in [0.1, 0.15) is 17.5 Å². The van der Waals surface area contributed by atoms with Gasteiger partial charge >= 0.3 is 6.03 Å². The maximum absolute atomic E-state index is 12.3. The fourth-order valence-corrected chi connectivity index (χ4v) is 3.33. The number of para-hydroxylation sites is 1. The minimum absolute atomic E-state index is 0.131. The van der Waals surface area contributed by atoms with Crippen molar-refractivity contribution in [1.29, 1.82) is 0 Å². The van der Waals surface area contributed by atoms with Crippen LogP contribution in [-0.2, 0) is 13.0 Å². The van der Waals surface area contributed by atoms with Gasteiger partial charge in [0.15, 0.2) is 0 Å². The number of rotatable bonds is 4. The van der Waals surface area contributed by atoms with Crippen LogP contribution < -0.4 is 5.32 Å². The molecule has 0 saturated carbocycles. The van der Waals surface area contributed by atoms with E-state index in [0.29, 0.717) is 6.54 Å². The molecule has 4 nitrogen and oxygen atoms in total. The van der Waals surface area contributed by atoms with Crippen molar-refractivity contribution in [2.24, 2.45) is 0 Å². The number of nitrogens with zero attached hydrogens (tertiary/aromatic N) is 2. The van der Waals surface area contributed by atoms with Gasteiger partial charge in [0.2, 0.25) is 0 Å². The van der Waals surface area contributed by atoms with Crippen LogP contribution >= 0.6 is 11.3 Å². The van der Waals surface area contributed by atoms with Crippen LogP contribution in [0.3, 0.4) is 0 Å². The Morgan fingerprint density at radius 3 is 2.61 bits per heavy atom. The summed E-state index contributed by atoms with van der Waals surface area (Å²) in [5.41, 5.74) is 3.05. The summed E-state index contributed by atoms with van der Waals surface area (Å²) in [6, 6.07) is 15.8. The zero-order chi connectivity index (χ0) is 16.2. The SMILES string of the molecule is CCc1ccc(NC(=O)N(C)Cc2nc3ccccc3s2)cc1. The smallest absolute Gasteiger partial charge is 0.321 e. The molecule has 5 heteroatoms. The lowest BCUT2D eigenvalue weighted by atomic mass is 10.1. The number of urea groups is 1. The summed E-state index contributed by atoms with van der Waals surface area (Å²) in [5, 5.41) is 3.85. The number of carbonyl (C=O) groups excluding carboxylic acids is 1. The van der Waals surface area contributed by atoms with Crippen LogP contribution in [0.2, 0.25) is 0 Å². The van der Waals surface area contributed by atoms with Crippen molar-refractivity contribution in [2.45, 2.75) is 19.9 Å². The van der Waals surface area contributed by atoms with E-state index in [0.717, 1.165) is 27.3 Å². The second-order valence-electron chi connectivity index (χ2n) is 5.41. The molecule has 0 aliphatic carbocycles. The van der Waals surface area contributed by atoms with Crippen LogP contribution in [0.15, 0.2) is 48.5 Å². The predicted octanol–water partition coefficient (Wildman–Crippen LogP) is 4.52. The zero-order valence-corrected chi connectivity index (χ0v) is 14.1. The summed E-state index contributed by atoms with van der Waals surface area (Å²) in [4.78, 5) is 18.5. The molecule has 0 aliphatic heterocycles. The van der Waals surface area contributed by atoms with Gasteiger partial charge in [-0.3, -0.25) is 0 Å². The highest BCUT2D eigenvalue weighted by Crippen LogP contribution is 2.22. The van der Waals surface area contributed by atoms with E-state index in [1.807, 2.05) is 48.5 Å². The Labute approximate surface area is 139 Å². The van der Waals surface area contributed by atoms with Gasteiger partial charge in [-0.15, -0.1) is 11.3 Å². The van der Waals surface area contributed by atoms with Gasteiger partial charge in [0.05, 0.1) is 16.8 Å². The van der Waals surface area contributed by atoms with Gasteiger partial charge in [-0.1, -0.05) is 31.2 Å². The molecule has 0 unspecified atom stereocenters. The first-order valence-corrected chi connectivity index (χ1v) is 8.43. The van der Waals surface area contributed by atoms with Crippen molar-refractivity contribution in [3.8, 4) is 0 Å². The average Bonchev–Trinajstić information content (AvgIpc) is 2.97. The molecule has 3 rings (SSSR count). The number of fused-ring (bicyclic) bond motifs is 1. The molecular weight excluding hydrogens is 306 g/mol. The lowest BCUT2D eigenvalue weighted by molar-refractivity contribution is 0.220. The molecule has 0 radical (unpaired) electrons. The maximum atomic E-state index is 12.3. The predicted molar refractivity (Wildman–Crippen MR) is 95.9 cm³/mol. The number of aryl methyl sites for hydroxylation is 1. The summed E-state index contributed by atoms with van der Waals surface area (Å²) in [6.45, 7) is 2.61.